The average Bonchev–Trinajstić information content (AvgIpc) is 2.82. The summed E-state index contributed by atoms with van der Waals surface area (Å²) in [4.78, 5) is 10.6. The number of aliphatic carboxylic acids is 1. The summed E-state index contributed by atoms with van der Waals surface area (Å²) in [6.07, 6.45) is 0.604. The third-order valence-corrected chi connectivity index (χ3v) is 3.54. The molecule has 18 heavy (non-hydrogen) atoms. The minimum absolute atomic E-state index is 0.114. The van der Waals surface area contributed by atoms with Crippen molar-refractivity contribution in [2.75, 3.05) is 0 Å². The van der Waals surface area contributed by atoms with Gasteiger partial charge in [-0.1, -0.05) is 11.3 Å². The first-order chi connectivity index (χ1) is 8.49. The third-order valence-electron chi connectivity index (χ3n) is 2.73. The summed E-state index contributed by atoms with van der Waals surface area (Å²) < 4.78 is 1.73. The van der Waals surface area contributed by atoms with Gasteiger partial charge in [-0.15, -0.1) is 10.2 Å². The highest BCUT2D eigenvalue weighted by Gasteiger charge is 2.15. The Morgan fingerprint density at radius 1 is 1.33 bits per heavy atom. The Kier molecular flexibility index (Phi) is 3.42. The summed E-state index contributed by atoms with van der Waals surface area (Å²) in [7, 11) is 0. The minimum Gasteiger partial charge on any atom is -0.481 e. The Balaban J connectivity index is 2.34. The number of aryl methyl sites for hydroxylation is 2. The zero-order chi connectivity index (χ0) is 13.3. The molecule has 0 atom stereocenters. The second-order valence-corrected chi connectivity index (χ2v) is 5.22. The highest BCUT2D eigenvalue weighted by Crippen LogP contribution is 2.21. The molecular formula is C11H14N4O2S. The van der Waals surface area contributed by atoms with Gasteiger partial charge in [-0.2, -0.15) is 5.10 Å². The van der Waals surface area contributed by atoms with Crippen LogP contribution in [0.3, 0.4) is 0 Å². The zero-order valence-electron chi connectivity index (χ0n) is 10.5. The smallest absolute Gasteiger partial charge is 0.303 e. The van der Waals surface area contributed by atoms with Crippen LogP contribution in [0.15, 0.2) is 0 Å². The van der Waals surface area contributed by atoms with E-state index in [1.165, 1.54) is 11.3 Å². The van der Waals surface area contributed by atoms with Crippen LogP contribution in [0.2, 0.25) is 0 Å². The summed E-state index contributed by atoms with van der Waals surface area (Å²) in [5, 5.41) is 22.7. The van der Waals surface area contributed by atoms with Crippen molar-refractivity contribution >= 4 is 17.3 Å². The van der Waals surface area contributed by atoms with Crippen molar-refractivity contribution in [3.8, 4) is 5.13 Å². The first-order valence-electron chi connectivity index (χ1n) is 5.56. The number of rotatable bonds is 4. The lowest BCUT2D eigenvalue weighted by atomic mass is 10.1. The van der Waals surface area contributed by atoms with Crippen LogP contribution in [0, 0.1) is 20.8 Å². The number of aromatic nitrogens is 4. The molecule has 0 aliphatic heterocycles. The third kappa shape index (κ3) is 2.40. The van der Waals surface area contributed by atoms with Crippen LogP contribution in [0.1, 0.15) is 28.4 Å². The molecule has 2 aromatic rings. The van der Waals surface area contributed by atoms with Crippen LogP contribution in [0.5, 0.6) is 0 Å². The monoisotopic (exact) mass is 266 g/mol. The molecule has 0 bridgehead atoms. The van der Waals surface area contributed by atoms with E-state index in [0.29, 0.717) is 6.42 Å². The molecule has 2 heterocycles. The molecule has 0 unspecified atom stereocenters. The van der Waals surface area contributed by atoms with E-state index in [9.17, 15) is 4.79 Å². The van der Waals surface area contributed by atoms with Crippen LogP contribution < -0.4 is 0 Å². The van der Waals surface area contributed by atoms with Gasteiger partial charge >= 0.3 is 5.97 Å². The van der Waals surface area contributed by atoms with Gasteiger partial charge in [0.05, 0.1) is 5.69 Å². The number of hydrogen-bond acceptors (Lipinski definition) is 5. The van der Waals surface area contributed by atoms with Gasteiger partial charge in [-0.3, -0.25) is 4.79 Å². The van der Waals surface area contributed by atoms with Gasteiger partial charge in [0.15, 0.2) is 0 Å². The van der Waals surface area contributed by atoms with E-state index >= 15 is 0 Å². The summed E-state index contributed by atoms with van der Waals surface area (Å²) in [5.41, 5.74) is 2.76. The van der Waals surface area contributed by atoms with Gasteiger partial charge < -0.3 is 5.11 Å². The average molecular weight is 266 g/mol. The second-order valence-electron chi connectivity index (χ2n) is 4.06. The standard InChI is InChI=1S/C11H14N4O2S/c1-6-9(4-5-10(16)17)7(2)15(14-6)11-13-12-8(3)18-11/h4-5H2,1-3H3,(H,16,17). The van der Waals surface area contributed by atoms with Crippen molar-refractivity contribution in [3.05, 3.63) is 22.0 Å². The van der Waals surface area contributed by atoms with Crippen LogP contribution in [-0.4, -0.2) is 31.1 Å². The lowest BCUT2D eigenvalue weighted by molar-refractivity contribution is -0.136. The highest BCUT2D eigenvalue weighted by molar-refractivity contribution is 7.13. The molecule has 0 fully saturated rings. The molecule has 7 heteroatoms. The summed E-state index contributed by atoms with van der Waals surface area (Å²) in [6, 6.07) is 0. The number of nitrogens with zero attached hydrogens (tertiary/aromatic N) is 4. The quantitative estimate of drug-likeness (QED) is 0.910. The van der Waals surface area contributed by atoms with Gasteiger partial charge in [0.25, 0.3) is 0 Å². The fourth-order valence-corrected chi connectivity index (χ4v) is 2.52. The summed E-state index contributed by atoms with van der Waals surface area (Å²) in [6.45, 7) is 5.70. The highest BCUT2D eigenvalue weighted by atomic mass is 32.1. The Morgan fingerprint density at radius 2 is 2.06 bits per heavy atom. The molecule has 96 valence electrons. The van der Waals surface area contributed by atoms with Crippen LogP contribution >= 0.6 is 11.3 Å². The van der Waals surface area contributed by atoms with E-state index in [-0.39, 0.29) is 6.42 Å². The summed E-state index contributed by atoms with van der Waals surface area (Å²) in [5.74, 6) is -0.798. The number of carbonyl (C=O) groups is 1. The Hall–Kier alpha value is -1.76. The number of carboxylic acids is 1. The Bertz CT molecular complexity index is 588. The Morgan fingerprint density at radius 3 is 2.61 bits per heavy atom. The van der Waals surface area contributed by atoms with Crippen molar-refractivity contribution in [1.82, 2.24) is 20.0 Å². The zero-order valence-corrected chi connectivity index (χ0v) is 11.3. The van der Waals surface area contributed by atoms with Crippen LogP contribution in [0.25, 0.3) is 5.13 Å². The molecule has 0 aliphatic rings. The Labute approximate surface area is 108 Å². The fourth-order valence-electron chi connectivity index (χ4n) is 1.83. The largest absolute Gasteiger partial charge is 0.481 e. The van der Waals surface area contributed by atoms with E-state index < -0.39 is 5.97 Å². The van der Waals surface area contributed by atoms with Crippen molar-refractivity contribution in [3.63, 3.8) is 0 Å². The van der Waals surface area contributed by atoms with E-state index in [2.05, 4.69) is 15.3 Å². The van der Waals surface area contributed by atoms with Gasteiger partial charge in [-0.25, -0.2) is 4.68 Å². The molecule has 2 aromatic heterocycles. The van der Waals surface area contributed by atoms with Crippen LogP contribution in [-0.2, 0) is 11.2 Å². The van der Waals surface area contributed by atoms with E-state index in [1.54, 1.807) is 4.68 Å². The molecule has 0 aromatic carbocycles. The van der Waals surface area contributed by atoms with Crippen molar-refractivity contribution in [1.29, 1.82) is 0 Å². The molecule has 0 saturated carbocycles. The molecule has 0 spiro atoms. The first-order valence-corrected chi connectivity index (χ1v) is 6.38. The predicted molar refractivity (Wildman–Crippen MR) is 67.2 cm³/mol. The molecular weight excluding hydrogens is 252 g/mol. The van der Waals surface area contributed by atoms with Crippen molar-refractivity contribution in [2.45, 2.75) is 33.6 Å². The van der Waals surface area contributed by atoms with Gasteiger partial charge in [0.1, 0.15) is 5.01 Å². The topological polar surface area (TPSA) is 80.9 Å². The molecule has 6 nitrogen and oxygen atoms in total. The van der Waals surface area contributed by atoms with E-state index in [1.807, 2.05) is 20.8 Å². The molecule has 0 aliphatic carbocycles. The maximum Gasteiger partial charge on any atom is 0.303 e. The number of carboxylic acid groups (broad SMARTS) is 1. The van der Waals surface area contributed by atoms with Gasteiger partial charge in [0.2, 0.25) is 5.13 Å². The number of hydrogen-bond donors (Lipinski definition) is 1. The van der Waals surface area contributed by atoms with E-state index in [0.717, 1.165) is 27.1 Å². The SMILES string of the molecule is Cc1nnc(-n2nc(C)c(CCC(=O)O)c2C)s1. The van der Waals surface area contributed by atoms with Crippen molar-refractivity contribution in [2.24, 2.45) is 0 Å². The van der Waals surface area contributed by atoms with Gasteiger partial charge in [0, 0.05) is 12.1 Å². The predicted octanol–water partition coefficient (Wildman–Crippen LogP) is 1.67. The minimum atomic E-state index is -0.798. The molecule has 0 saturated heterocycles. The molecule has 1 N–H and O–H groups in total. The maximum absolute atomic E-state index is 10.6. The van der Waals surface area contributed by atoms with Crippen LogP contribution in [0.4, 0.5) is 0 Å². The second kappa shape index (κ2) is 4.85. The molecule has 2 rings (SSSR count). The lowest BCUT2D eigenvalue weighted by Gasteiger charge is -2.00. The van der Waals surface area contributed by atoms with Crippen molar-refractivity contribution < 1.29 is 9.90 Å². The van der Waals surface area contributed by atoms with E-state index in [4.69, 9.17) is 5.11 Å². The van der Waals surface area contributed by atoms with Gasteiger partial charge in [-0.05, 0) is 32.8 Å². The lowest BCUT2D eigenvalue weighted by Crippen LogP contribution is -2.01. The molecule has 0 radical (unpaired) electrons. The maximum atomic E-state index is 10.6. The molecule has 0 amide bonds. The normalized spacial score (nSPS) is 10.8. The summed E-state index contributed by atoms with van der Waals surface area (Å²) >= 11 is 1.46. The fraction of sp³-hybridized carbons (Fsp3) is 0.455. The first kappa shape index (κ1) is 12.7.